The van der Waals surface area contributed by atoms with E-state index in [1.807, 2.05) is 0 Å². The summed E-state index contributed by atoms with van der Waals surface area (Å²) in [4.78, 5) is 8.62. The van der Waals surface area contributed by atoms with Crippen molar-refractivity contribution in [3.63, 3.8) is 0 Å². The SMILES string of the molecule is CN=C(NCCCc1nc(C(C)C)no1)NCc1cccc(C)c1. The summed E-state index contributed by atoms with van der Waals surface area (Å²) in [6.45, 7) is 7.76. The van der Waals surface area contributed by atoms with E-state index in [2.05, 4.69) is 70.8 Å². The molecule has 0 fully saturated rings. The van der Waals surface area contributed by atoms with Crippen LogP contribution in [0.5, 0.6) is 0 Å². The van der Waals surface area contributed by atoms with Crippen LogP contribution in [0.2, 0.25) is 0 Å². The van der Waals surface area contributed by atoms with Crippen LogP contribution in [-0.4, -0.2) is 29.7 Å². The molecule has 130 valence electrons. The molecule has 0 spiro atoms. The van der Waals surface area contributed by atoms with Crippen molar-refractivity contribution in [2.45, 2.75) is 46.1 Å². The molecule has 0 unspecified atom stereocenters. The minimum Gasteiger partial charge on any atom is -0.356 e. The van der Waals surface area contributed by atoms with E-state index in [9.17, 15) is 0 Å². The van der Waals surface area contributed by atoms with E-state index in [1.54, 1.807) is 7.05 Å². The molecule has 1 aromatic heterocycles. The van der Waals surface area contributed by atoms with Crippen LogP contribution in [0.1, 0.15) is 49.0 Å². The molecule has 6 nitrogen and oxygen atoms in total. The lowest BCUT2D eigenvalue weighted by Gasteiger charge is -2.11. The summed E-state index contributed by atoms with van der Waals surface area (Å²) in [6, 6.07) is 8.44. The molecule has 0 aliphatic heterocycles. The summed E-state index contributed by atoms with van der Waals surface area (Å²) >= 11 is 0. The van der Waals surface area contributed by atoms with Crippen molar-refractivity contribution >= 4 is 5.96 Å². The number of hydrogen-bond donors (Lipinski definition) is 2. The average Bonchev–Trinajstić information content (AvgIpc) is 3.03. The van der Waals surface area contributed by atoms with E-state index in [4.69, 9.17) is 4.52 Å². The van der Waals surface area contributed by atoms with Gasteiger partial charge in [0.05, 0.1) is 0 Å². The molecule has 24 heavy (non-hydrogen) atoms. The zero-order valence-electron chi connectivity index (χ0n) is 15.0. The molecule has 1 heterocycles. The molecule has 0 aliphatic carbocycles. The highest BCUT2D eigenvalue weighted by Crippen LogP contribution is 2.10. The maximum absolute atomic E-state index is 5.24. The molecule has 2 N–H and O–H groups in total. The van der Waals surface area contributed by atoms with Crippen LogP contribution >= 0.6 is 0 Å². The van der Waals surface area contributed by atoms with Crippen LogP contribution in [0.3, 0.4) is 0 Å². The fraction of sp³-hybridized carbons (Fsp3) is 0.500. The standard InChI is InChI=1S/C18H27N5O/c1-13(2)17-22-16(24-23-17)9-6-10-20-18(19-4)21-12-15-8-5-7-14(3)11-15/h5,7-8,11,13H,6,9-10,12H2,1-4H3,(H2,19,20,21). The molecule has 0 radical (unpaired) electrons. The zero-order chi connectivity index (χ0) is 17.4. The van der Waals surface area contributed by atoms with E-state index in [-0.39, 0.29) is 0 Å². The number of guanidine groups is 1. The molecule has 0 atom stereocenters. The highest BCUT2D eigenvalue weighted by atomic mass is 16.5. The molecule has 0 bridgehead atoms. The van der Waals surface area contributed by atoms with Crippen molar-refractivity contribution in [3.8, 4) is 0 Å². The Hall–Kier alpha value is -2.37. The number of nitrogens with zero attached hydrogens (tertiary/aromatic N) is 3. The van der Waals surface area contributed by atoms with Crippen LogP contribution < -0.4 is 10.6 Å². The quantitative estimate of drug-likeness (QED) is 0.464. The van der Waals surface area contributed by atoms with E-state index in [0.717, 1.165) is 37.7 Å². The molecule has 0 aliphatic rings. The fourth-order valence-electron chi connectivity index (χ4n) is 2.28. The highest BCUT2D eigenvalue weighted by Gasteiger charge is 2.09. The van der Waals surface area contributed by atoms with Crippen molar-refractivity contribution in [2.24, 2.45) is 4.99 Å². The van der Waals surface area contributed by atoms with Gasteiger partial charge in [0.2, 0.25) is 5.89 Å². The zero-order valence-corrected chi connectivity index (χ0v) is 15.0. The largest absolute Gasteiger partial charge is 0.356 e. The summed E-state index contributed by atoms with van der Waals surface area (Å²) in [5, 5.41) is 10.6. The second-order valence-electron chi connectivity index (χ2n) is 6.15. The molecular weight excluding hydrogens is 302 g/mol. The molecule has 2 aromatic rings. The Labute approximate surface area is 143 Å². The van der Waals surface area contributed by atoms with Gasteiger partial charge in [-0.05, 0) is 18.9 Å². The summed E-state index contributed by atoms with van der Waals surface area (Å²) in [5.41, 5.74) is 2.50. The van der Waals surface area contributed by atoms with E-state index in [1.165, 1.54) is 11.1 Å². The Kier molecular flexibility index (Phi) is 6.78. The molecule has 0 saturated carbocycles. The van der Waals surface area contributed by atoms with E-state index < -0.39 is 0 Å². The van der Waals surface area contributed by atoms with Crippen molar-refractivity contribution in [1.29, 1.82) is 0 Å². The minimum atomic E-state index is 0.297. The molecule has 6 heteroatoms. The number of aliphatic imine (C=N–C) groups is 1. The first-order valence-electron chi connectivity index (χ1n) is 8.41. The lowest BCUT2D eigenvalue weighted by Crippen LogP contribution is -2.37. The second-order valence-corrected chi connectivity index (χ2v) is 6.15. The smallest absolute Gasteiger partial charge is 0.226 e. The summed E-state index contributed by atoms with van der Waals surface area (Å²) in [5.74, 6) is 2.56. The molecule has 2 rings (SSSR count). The number of benzene rings is 1. The normalized spacial score (nSPS) is 11.8. The van der Waals surface area contributed by atoms with Gasteiger partial charge in [-0.25, -0.2) is 0 Å². The predicted molar refractivity (Wildman–Crippen MR) is 96.1 cm³/mol. The third kappa shape index (κ3) is 5.68. The van der Waals surface area contributed by atoms with Gasteiger partial charge in [-0.1, -0.05) is 48.8 Å². The maximum atomic E-state index is 5.24. The van der Waals surface area contributed by atoms with Crippen LogP contribution in [0, 0.1) is 6.92 Å². The van der Waals surface area contributed by atoms with Crippen LogP contribution in [0.4, 0.5) is 0 Å². The average molecular weight is 329 g/mol. The van der Waals surface area contributed by atoms with Gasteiger partial charge in [0.1, 0.15) is 0 Å². The third-order valence-corrected chi connectivity index (χ3v) is 3.63. The van der Waals surface area contributed by atoms with Crippen molar-refractivity contribution in [1.82, 2.24) is 20.8 Å². The molecule has 1 aromatic carbocycles. The van der Waals surface area contributed by atoms with Gasteiger partial charge in [0.25, 0.3) is 0 Å². The first-order chi connectivity index (χ1) is 11.6. The Morgan fingerprint density at radius 1 is 1.29 bits per heavy atom. The summed E-state index contributed by atoms with van der Waals surface area (Å²) in [7, 11) is 1.78. The maximum Gasteiger partial charge on any atom is 0.226 e. The van der Waals surface area contributed by atoms with Gasteiger partial charge in [0, 0.05) is 32.5 Å². The van der Waals surface area contributed by atoms with Crippen molar-refractivity contribution in [2.75, 3.05) is 13.6 Å². The predicted octanol–water partition coefficient (Wildman–Crippen LogP) is 2.80. The topological polar surface area (TPSA) is 75.3 Å². The molecule has 0 saturated heterocycles. The van der Waals surface area contributed by atoms with Crippen LogP contribution in [0.25, 0.3) is 0 Å². The number of hydrogen-bond acceptors (Lipinski definition) is 4. The fourth-order valence-corrected chi connectivity index (χ4v) is 2.28. The van der Waals surface area contributed by atoms with Gasteiger partial charge < -0.3 is 15.2 Å². The van der Waals surface area contributed by atoms with Crippen LogP contribution in [-0.2, 0) is 13.0 Å². The Balaban J connectivity index is 1.69. The Morgan fingerprint density at radius 2 is 2.12 bits per heavy atom. The summed E-state index contributed by atoms with van der Waals surface area (Å²) < 4.78 is 5.24. The highest BCUT2D eigenvalue weighted by molar-refractivity contribution is 5.79. The second kappa shape index (κ2) is 9.05. The lowest BCUT2D eigenvalue weighted by atomic mass is 10.1. The molecular formula is C18H27N5O. The van der Waals surface area contributed by atoms with Crippen molar-refractivity contribution in [3.05, 3.63) is 47.1 Å². The summed E-state index contributed by atoms with van der Waals surface area (Å²) in [6.07, 6.45) is 1.67. The molecule has 0 amide bonds. The Bertz CT molecular complexity index is 663. The van der Waals surface area contributed by atoms with Gasteiger partial charge in [0.15, 0.2) is 11.8 Å². The number of aryl methyl sites for hydroxylation is 2. The van der Waals surface area contributed by atoms with Crippen LogP contribution in [0.15, 0.2) is 33.8 Å². The minimum absolute atomic E-state index is 0.297. The monoisotopic (exact) mass is 329 g/mol. The number of aromatic nitrogens is 2. The lowest BCUT2D eigenvalue weighted by molar-refractivity contribution is 0.368. The van der Waals surface area contributed by atoms with Gasteiger partial charge >= 0.3 is 0 Å². The number of rotatable bonds is 7. The Morgan fingerprint density at radius 3 is 2.79 bits per heavy atom. The van der Waals surface area contributed by atoms with Crippen molar-refractivity contribution < 1.29 is 4.52 Å². The van der Waals surface area contributed by atoms with Gasteiger partial charge in [-0.2, -0.15) is 4.98 Å². The van der Waals surface area contributed by atoms with Gasteiger partial charge in [-0.3, -0.25) is 4.99 Å². The van der Waals surface area contributed by atoms with E-state index in [0.29, 0.717) is 11.8 Å². The first-order valence-corrected chi connectivity index (χ1v) is 8.41. The first kappa shape index (κ1) is 18.0. The third-order valence-electron chi connectivity index (χ3n) is 3.63. The number of nitrogens with one attached hydrogen (secondary N) is 2. The van der Waals surface area contributed by atoms with E-state index >= 15 is 0 Å². The van der Waals surface area contributed by atoms with Gasteiger partial charge in [-0.15, -0.1) is 0 Å².